The van der Waals surface area contributed by atoms with Crippen molar-refractivity contribution in [1.82, 2.24) is 0 Å². The molecular weight excluding hydrogens is 313 g/mol. The van der Waals surface area contributed by atoms with Crippen LogP contribution >= 0.6 is 0 Å². The monoisotopic (exact) mass is 332 g/mol. The molecule has 1 aromatic carbocycles. The van der Waals surface area contributed by atoms with Crippen molar-refractivity contribution in [3.8, 4) is 0 Å². The van der Waals surface area contributed by atoms with Crippen LogP contribution in [0.25, 0.3) is 0 Å². The Morgan fingerprint density at radius 3 is 1.83 bits per heavy atom. The van der Waals surface area contributed by atoms with Gasteiger partial charge in [-0.1, -0.05) is 18.2 Å². The van der Waals surface area contributed by atoms with Crippen LogP contribution in [0, 0.1) is 0 Å². The third-order valence-corrected chi connectivity index (χ3v) is 2.72. The highest BCUT2D eigenvalue weighted by Gasteiger charge is 2.36. The highest BCUT2D eigenvalue weighted by molar-refractivity contribution is 6.01. The van der Waals surface area contributed by atoms with Gasteiger partial charge in [0.2, 0.25) is 0 Å². The molecule has 0 bridgehead atoms. The fraction of sp³-hybridized carbons (Fsp3) is 0.500. The topological polar surface area (TPSA) is 52.6 Å². The fourth-order valence-electron chi connectivity index (χ4n) is 1.86. The van der Waals surface area contributed by atoms with Gasteiger partial charge in [-0.25, -0.2) is 0 Å². The summed E-state index contributed by atoms with van der Waals surface area (Å²) in [6, 6.07) is 4.02. The van der Waals surface area contributed by atoms with Gasteiger partial charge in [0.25, 0.3) is 0 Å². The summed E-state index contributed by atoms with van der Waals surface area (Å²) in [6.07, 6.45) is -5.60. The maximum Gasteiger partial charge on any atom is 0.416 e. The first-order valence-corrected chi connectivity index (χ1v) is 7.10. The van der Waals surface area contributed by atoms with Gasteiger partial charge < -0.3 is 9.47 Å². The van der Waals surface area contributed by atoms with Crippen LogP contribution in [0.1, 0.15) is 44.7 Å². The van der Waals surface area contributed by atoms with Gasteiger partial charge in [0.05, 0.1) is 17.8 Å². The first-order chi connectivity index (χ1) is 10.5. The molecule has 23 heavy (non-hydrogen) atoms. The van der Waals surface area contributed by atoms with E-state index < -0.39 is 41.8 Å². The summed E-state index contributed by atoms with van der Waals surface area (Å²) in [6.45, 7) is 6.31. The number of alkyl halides is 3. The summed E-state index contributed by atoms with van der Waals surface area (Å²) >= 11 is 0. The van der Waals surface area contributed by atoms with Crippen LogP contribution in [0.5, 0.6) is 0 Å². The summed E-state index contributed by atoms with van der Waals surface area (Å²) < 4.78 is 48.4. The molecule has 0 saturated heterocycles. The zero-order chi connectivity index (χ0) is 17.8. The zero-order valence-corrected chi connectivity index (χ0v) is 13.3. The molecule has 0 aliphatic carbocycles. The molecule has 128 valence electrons. The van der Waals surface area contributed by atoms with Crippen LogP contribution in [0.15, 0.2) is 24.3 Å². The van der Waals surface area contributed by atoms with E-state index in [1.54, 1.807) is 27.7 Å². The summed E-state index contributed by atoms with van der Waals surface area (Å²) in [4.78, 5) is 24.3. The van der Waals surface area contributed by atoms with Gasteiger partial charge in [0, 0.05) is 0 Å². The largest absolute Gasteiger partial charge is 0.462 e. The molecule has 0 spiro atoms. The Kier molecular flexibility index (Phi) is 6.18. The predicted octanol–water partition coefficient (Wildman–Crippen LogP) is 3.69. The summed E-state index contributed by atoms with van der Waals surface area (Å²) in [5.74, 6) is -3.43. The van der Waals surface area contributed by atoms with Gasteiger partial charge in [-0.2, -0.15) is 13.2 Å². The van der Waals surface area contributed by atoms with E-state index in [1.807, 2.05) is 0 Å². The van der Waals surface area contributed by atoms with Crippen LogP contribution in [-0.4, -0.2) is 24.1 Å². The molecule has 4 nitrogen and oxygen atoms in total. The van der Waals surface area contributed by atoms with Crippen LogP contribution < -0.4 is 0 Å². The van der Waals surface area contributed by atoms with E-state index in [0.717, 1.165) is 18.2 Å². The molecule has 0 atom stereocenters. The van der Waals surface area contributed by atoms with Crippen molar-refractivity contribution in [2.24, 2.45) is 0 Å². The summed E-state index contributed by atoms with van der Waals surface area (Å²) in [5.41, 5.74) is -1.06. The molecule has 0 N–H and O–H groups in total. The Labute approximate surface area is 132 Å². The molecule has 7 heteroatoms. The molecule has 0 fully saturated rings. The van der Waals surface area contributed by atoms with Gasteiger partial charge in [0.1, 0.15) is 0 Å². The van der Waals surface area contributed by atoms with Gasteiger partial charge >= 0.3 is 18.1 Å². The van der Waals surface area contributed by atoms with Crippen LogP contribution in [0.3, 0.4) is 0 Å². The van der Waals surface area contributed by atoms with E-state index in [4.69, 9.17) is 9.47 Å². The van der Waals surface area contributed by atoms with Gasteiger partial charge in [0.15, 0.2) is 5.92 Å². The minimum atomic E-state index is -4.58. The number of rotatable bonds is 5. The number of ether oxygens (including phenoxy) is 2. The lowest BCUT2D eigenvalue weighted by Gasteiger charge is -2.19. The second-order valence-electron chi connectivity index (χ2n) is 5.53. The van der Waals surface area contributed by atoms with Crippen molar-refractivity contribution in [2.75, 3.05) is 0 Å². The molecule has 0 aliphatic rings. The third kappa shape index (κ3) is 5.58. The minimum Gasteiger partial charge on any atom is -0.462 e. The third-order valence-electron chi connectivity index (χ3n) is 2.72. The summed E-state index contributed by atoms with van der Waals surface area (Å²) in [7, 11) is 0. The highest BCUT2D eigenvalue weighted by Crippen LogP contribution is 2.32. The van der Waals surface area contributed by atoms with Crippen molar-refractivity contribution in [3.05, 3.63) is 35.4 Å². The van der Waals surface area contributed by atoms with E-state index in [0.29, 0.717) is 0 Å². The molecule has 0 amide bonds. The Balaban J connectivity index is 3.23. The summed E-state index contributed by atoms with van der Waals surface area (Å²) in [5, 5.41) is 0. The normalized spacial score (nSPS) is 11.9. The predicted molar refractivity (Wildman–Crippen MR) is 76.6 cm³/mol. The number of carbonyl (C=O) groups is 2. The van der Waals surface area contributed by atoms with Crippen molar-refractivity contribution in [1.29, 1.82) is 0 Å². The standard InChI is InChI=1S/C16H19F3O4/c1-9(2)22-14(20)13(15(21)23-10(3)4)11-6-5-7-12(8-11)16(17,18)19/h5-10,13H,1-4H3. The van der Waals surface area contributed by atoms with Crippen LogP contribution in [-0.2, 0) is 25.2 Å². The first kappa shape index (κ1) is 19.0. The Hall–Kier alpha value is -2.05. The van der Waals surface area contributed by atoms with Crippen molar-refractivity contribution < 1.29 is 32.2 Å². The quantitative estimate of drug-likeness (QED) is 0.609. The highest BCUT2D eigenvalue weighted by atomic mass is 19.4. The second-order valence-corrected chi connectivity index (χ2v) is 5.53. The number of halogens is 3. The van der Waals surface area contributed by atoms with Crippen molar-refractivity contribution >= 4 is 11.9 Å². The van der Waals surface area contributed by atoms with Crippen molar-refractivity contribution in [2.45, 2.75) is 52.0 Å². The van der Waals surface area contributed by atoms with Gasteiger partial charge in [-0.3, -0.25) is 9.59 Å². The number of esters is 2. The molecule has 0 aromatic heterocycles. The molecule has 0 unspecified atom stereocenters. The smallest absolute Gasteiger partial charge is 0.416 e. The molecule has 0 saturated carbocycles. The average Bonchev–Trinajstić information content (AvgIpc) is 2.36. The molecule has 1 rings (SSSR count). The number of carbonyl (C=O) groups excluding carboxylic acids is 2. The number of hydrogen-bond donors (Lipinski definition) is 0. The SMILES string of the molecule is CC(C)OC(=O)C(C(=O)OC(C)C)c1cccc(C(F)(F)F)c1. The molecular formula is C16H19F3O4. The molecule has 0 aliphatic heterocycles. The average molecular weight is 332 g/mol. The van der Waals surface area contributed by atoms with Crippen molar-refractivity contribution in [3.63, 3.8) is 0 Å². The Morgan fingerprint density at radius 1 is 0.957 bits per heavy atom. The lowest BCUT2D eigenvalue weighted by atomic mass is 9.97. The van der Waals surface area contributed by atoms with E-state index in [-0.39, 0.29) is 5.56 Å². The Bertz CT molecular complexity index is 543. The first-order valence-electron chi connectivity index (χ1n) is 7.10. The number of hydrogen-bond acceptors (Lipinski definition) is 4. The number of benzene rings is 1. The molecule has 0 radical (unpaired) electrons. The van der Waals surface area contributed by atoms with E-state index in [9.17, 15) is 22.8 Å². The minimum absolute atomic E-state index is 0.115. The van der Waals surface area contributed by atoms with E-state index in [2.05, 4.69) is 0 Å². The lowest BCUT2D eigenvalue weighted by Crippen LogP contribution is -2.29. The maximum absolute atomic E-state index is 12.8. The van der Waals surface area contributed by atoms with E-state index >= 15 is 0 Å². The maximum atomic E-state index is 12.8. The molecule has 0 heterocycles. The fourth-order valence-corrected chi connectivity index (χ4v) is 1.86. The molecule has 1 aromatic rings. The second kappa shape index (κ2) is 7.48. The lowest BCUT2D eigenvalue weighted by molar-refractivity contribution is -0.161. The van der Waals surface area contributed by atoms with Gasteiger partial charge in [-0.15, -0.1) is 0 Å². The van der Waals surface area contributed by atoms with E-state index in [1.165, 1.54) is 6.07 Å². The Morgan fingerprint density at radius 2 is 1.43 bits per heavy atom. The van der Waals surface area contributed by atoms with Crippen LogP contribution in [0.4, 0.5) is 13.2 Å². The van der Waals surface area contributed by atoms with Crippen LogP contribution in [0.2, 0.25) is 0 Å². The van der Waals surface area contributed by atoms with Gasteiger partial charge in [-0.05, 0) is 39.3 Å². The zero-order valence-electron chi connectivity index (χ0n) is 13.3.